The van der Waals surface area contributed by atoms with Gasteiger partial charge in [0.05, 0.1) is 16.9 Å². The average molecular weight is 363 g/mol. The molecule has 0 radical (unpaired) electrons. The predicted molar refractivity (Wildman–Crippen MR) is 91.6 cm³/mol. The minimum atomic E-state index is -3.99. The summed E-state index contributed by atoms with van der Waals surface area (Å²) < 4.78 is 56.5. The minimum Gasteiger partial charge on any atom is -0.370 e. The predicted octanol–water partition coefficient (Wildman–Crippen LogP) is 3.13. The third-order valence-electron chi connectivity index (χ3n) is 4.38. The summed E-state index contributed by atoms with van der Waals surface area (Å²) in [6, 6.07) is 8.37. The summed E-state index contributed by atoms with van der Waals surface area (Å²) in [5.41, 5.74) is 0.565. The summed E-state index contributed by atoms with van der Waals surface area (Å²) in [5.74, 6) is -1.46. The highest BCUT2D eigenvalue weighted by Gasteiger charge is 2.32. The van der Waals surface area contributed by atoms with E-state index in [1.807, 2.05) is 4.90 Å². The molecule has 2 heterocycles. The molecule has 0 unspecified atom stereocenters. The lowest BCUT2D eigenvalue weighted by atomic mass is 10.1. The number of nitrogens with zero attached hydrogens (tertiary/aromatic N) is 2. The minimum absolute atomic E-state index is 0.106. The summed E-state index contributed by atoms with van der Waals surface area (Å²) >= 11 is 0. The first-order chi connectivity index (χ1) is 12.0. The molecule has 0 aromatic heterocycles. The number of nitrogens with one attached hydrogen (secondary N) is 1. The van der Waals surface area contributed by atoms with Crippen molar-refractivity contribution < 1.29 is 17.2 Å². The van der Waals surface area contributed by atoms with Gasteiger partial charge in [-0.3, -0.25) is 0 Å². The largest absolute Gasteiger partial charge is 0.370 e. The SMILES string of the molecule is O=S1(=O)N=C(Nc2c(F)cccc2N2CCCC2)c2c(F)cccc21. The van der Waals surface area contributed by atoms with Crippen LogP contribution in [0, 0.1) is 11.6 Å². The van der Waals surface area contributed by atoms with Crippen LogP contribution in [-0.4, -0.2) is 27.3 Å². The van der Waals surface area contributed by atoms with Crippen molar-refractivity contribution >= 4 is 27.2 Å². The molecule has 2 aliphatic rings. The van der Waals surface area contributed by atoms with Gasteiger partial charge in [0, 0.05) is 13.1 Å². The van der Waals surface area contributed by atoms with Crippen molar-refractivity contribution in [2.24, 2.45) is 4.40 Å². The fraction of sp³-hybridized carbons (Fsp3) is 0.235. The van der Waals surface area contributed by atoms with E-state index >= 15 is 0 Å². The molecule has 2 aromatic rings. The van der Waals surface area contributed by atoms with E-state index in [0.717, 1.165) is 32.0 Å². The Bertz CT molecular complexity index is 983. The van der Waals surface area contributed by atoms with Gasteiger partial charge in [-0.25, -0.2) is 8.78 Å². The maximum absolute atomic E-state index is 14.4. The topological polar surface area (TPSA) is 61.8 Å². The molecule has 0 saturated carbocycles. The Morgan fingerprint density at radius 1 is 1.00 bits per heavy atom. The van der Waals surface area contributed by atoms with E-state index in [1.165, 1.54) is 18.2 Å². The Labute approximate surface area is 144 Å². The molecule has 130 valence electrons. The second-order valence-corrected chi connectivity index (χ2v) is 7.55. The molecular formula is C17H15F2N3O2S. The van der Waals surface area contributed by atoms with Crippen LogP contribution < -0.4 is 10.2 Å². The molecule has 8 heteroatoms. The van der Waals surface area contributed by atoms with Crippen LogP contribution in [0.1, 0.15) is 18.4 Å². The Morgan fingerprint density at radius 2 is 1.68 bits per heavy atom. The van der Waals surface area contributed by atoms with E-state index < -0.39 is 21.7 Å². The lowest BCUT2D eigenvalue weighted by molar-refractivity contribution is 0.595. The molecular weight excluding hydrogens is 348 g/mol. The highest BCUT2D eigenvalue weighted by atomic mass is 32.2. The molecule has 0 atom stereocenters. The number of benzene rings is 2. The molecule has 2 aromatic carbocycles. The highest BCUT2D eigenvalue weighted by Crippen LogP contribution is 2.34. The molecule has 0 aliphatic carbocycles. The van der Waals surface area contributed by atoms with E-state index in [9.17, 15) is 17.2 Å². The van der Waals surface area contributed by atoms with Crippen molar-refractivity contribution in [1.82, 2.24) is 0 Å². The van der Waals surface area contributed by atoms with Gasteiger partial charge >= 0.3 is 0 Å². The number of rotatable bonds is 2. The van der Waals surface area contributed by atoms with Gasteiger partial charge < -0.3 is 10.2 Å². The van der Waals surface area contributed by atoms with Crippen molar-refractivity contribution in [1.29, 1.82) is 0 Å². The first kappa shape index (κ1) is 16.0. The number of hydrogen-bond acceptors (Lipinski definition) is 4. The van der Waals surface area contributed by atoms with Gasteiger partial charge in [-0.15, -0.1) is 4.40 Å². The maximum Gasteiger partial charge on any atom is 0.285 e. The smallest absolute Gasteiger partial charge is 0.285 e. The van der Waals surface area contributed by atoms with Gasteiger partial charge in [0.2, 0.25) is 0 Å². The van der Waals surface area contributed by atoms with Gasteiger partial charge in [-0.05, 0) is 37.1 Å². The van der Waals surface area contributed by atoms with E-state index in [0.29, 0.717) is 5.69 Å². The number of halogens is 2. The molecule has 1 saturated heterocycles. The Balaban J connectivity index is 1.80. The van der Waals surface area contributed by atoms with Crippen molar-refractivity contribution in [3.8, 4) is 0 Å². The third kappa shape index (κ3) is 2.66. The molecule has 1 N–H and O–H groups in total. The van der Waals surface area contributed by atoms with E-state index in [-0.39, 0.29) is 22.0 Å². The highest BCUT2D eigenvalue weighted by molar-refractivity contribution is 7.90. The van der Waals surface area contributed by atoms with E-state index in [4.69, 9.17) is 0 Å². The molecule has 1 fully saturated rings. The van der Waals surface area contributed by atoms with Gasteiger partial charge in [0.1, 0.15) is 16.5 Å². The second kappa shape index (κ2) is 5.80. The Morgan fingerprint density at radius 3 is 2.44 bits per heavy atom. The first-order valence-electron chi connectivity index (χ1n) is 7.92. The third-order valence-corrected chi connectivity index (χ3v) is 5.70. The zero-order chi connectivity index (χ0) is 17.6. The lowest BCUT2D eigenvalue weighted by Gasteiger charge is -2.22. The van der Waals surface area contributed by atoms with E-state index in [1.54, 1.807) is 12.1 Å². The number of sulfonamides is 1. The van der Waals surface area contributed by atoms with Crippen LogP contribution in [0.15, 0.2) is 45.7 Å². The van der Waals surface area contributed by atoms with Crippen LogP contribution in [0.2, 0.25) is 0 Å². The van der Waals surface area contributed by atoms with Crippen LogP contribution in [0.5, 0.6) is 0 Å². The number of anilines is 2. The molecule has 0 spiro atoms. The zero-order valence-corrected chi connectivity index (χ0v) is 14.0. The molecule has 0 amide bonds. The number of fused-ring (bicyclic) bond motifs is 1. The average Bonchev–Trinajstić information content (AvgIpc) is 3.17. The van der Waals surface area contributed by atoms with Crippen LogP contribution in [0.25, 0.3) is 0 Å². The van der Waals surface area contributed by atoms with Crippen LogP contribution in [0.3, 0.4) is 0 Å². The number of para-hydroxylation sites is 1. The summed E-state index contributed by atoms with van der Waals surface area (Å²) in [7, 11) is -3.99. The number of hydrogen-bond donors (Lipinski definition) is 1. The van der Waals surface area contributed by atoms with Crippen molar-refractivity contribution in [2.75, 3.05) is 23.3 Å². The standard InChI is InChI=1S/C17H15F2N3O2S/c18-11-5-4-8-14-15(11)17(21-25(14,23)24)20-16-12(19)6-3-7-13(16)22-9-1-2-10-22/h3-8H,1-2,9-10H2,(H,20,21). The molecule has 25 heavy (non-hydrogen) atoms. The zero-order valence-electron chi connectivity index (χ0n) is 13.2. The Hall–Kier alpha value is -2.48. The van der Waals surface area contributed by atoms with E-state index in [2.05, 4.69) is 9.71 Å². The molecule has 0 bridgehead atoms. The molecule has 2 aliphatic heterocycles. The fourth-order valence-electron chi connectivity index (χ4n) is 3.23. The maximum atomic E-state index is 14.4. The van der Waals surface area contributed by atoms with Crippen molar-refractivity contribution in [3.05, 3.63) is 53.6 Å². The first-order valence-corrected chi connectivity index (χ1v) is 9.36. The van der Waals surface area contributed by atoms with Gasteiger partial charge in [0.15, 0.2) is 5.84 Å². The summed E-state index contributed by atoms with van der Waals surface area (Å²) in [4.78, 5) is 1.80. The van der Waals surface area contributed by atoms with Crippen molar-refractivity contribution in [2.45, 2.75) is 17.7 Å². The summed E-state index contributed by atoms with van der Waals surface area (Å²) in [5, 5.41) is 2.72. The molecule has 5 nitrogen and oxygen atoms in total. The van der Waals surface area contributed by atoms with Gasteiger partial charge in [-0.1, -0.05) is 12.1 Å². The van der Waals surface area contributed by atoms with Crippen LogP contribution in [-0.2, 0) is 10.0 Å². The summed E-state index contributed by atoms with van der Waals surface area (Å²) in [6.07, 6.45) is 2.01. The fourth-order valence-corrected chi connectivity index (χ4v) is 4.40. The number of amidine groups is 1. The van der Waals surface area contributed by atoms with Crippen molar-refractivity contribution in [3.63, 3.8) is 0 Å². The van der Waals surface area contributed by atoms with Crippen LogP contribution >= 0.6 is 0 Å². The quantitative estimate of drug-likeness (QED) is 0.891. The normalized spacial score (nSPS) is 18.2. The van der Waals surface area contributed by atoms with Gasteiger partial charge in [0.25, 0.3) is 10.0 Å². The molecule has 4 rings (SSSR count). The van der Waals surface area contributed by atoms with Crippen LogP contribution in [0.4, 0.5) is 20.2 Å². The lowest BCUT2D eigenvalue weighted by Crippen LogP contribution is -2.22. The Kier molecular flexibility index (Phi) is 3.72. The summed E-state index contributed by atoms with van der Waals surface area (Å²) in [6.45, 7) is 1.57. The van der Waals surface area contributed by atoms with Gasteiger partial charge in [-0.2, -0.15) is 8.42 Å². The second-order valence-electron chi connectivity index (χ2n) is 5.98. The monoisotopic (exact) mass is 363 g/mol.